The van der Waals surface area contributed by atoms with Crippen LogP contribution in [0.25, 0.3) is 16.9 Å². The first-order chi connectivity index (χ1) is 9.84. The Bertz CT molecular complexity index is 879. The van der Waals surface area contributed by atoms with Gasteiger partial charge in [0, 0.05) is 6.20 Å². The van der Waals surface area contributed by atoms with Crippen molar-refractivity contribution in [1.29, 1.82) is 0 Å². The van der Waals surface area contributed by atoms with Crippen molar-refractivity contribution < 1.29 is 13.2 Å². The van der Waals surface area contributed by atoms with Crippen LogP contribution in [0.4, 0.5) is 13.2 Å². The van der Waals surface area contributed by atoms with E-state index >= 15 is 0 Å². The number of nitrogens with one attached hydrogen (secondary N) is 1. The van der Waals surface area contributed by atoms with Gasteiger partial charge in [0.2, 0.25) is 5.95 Å². The predicted octanol–water partition coefficient (Wildman–Crippen LogP) is 2.44. The highest BCUT2D eigenvalue weighted by Gasteiger charge is 2.30. The van der Waals surface area contributed by atoms with Gasteiger partial charge in [0.15, 0.2) is 0 Å². The first kappa shape index (κ1) is 13.3. The van der Waals surface area contributed by atoms with Crippen molar-refractivity contribution in [2.24, 2.45) is 0 Å². The van der Waals surface area contributed by atoms with Crippen molar-refractivity contribution in [3.63, 3.8) is 0 Å². The van der Waals surface area contributed by atoms with Gasteiger partial charge in [-0.3, -0.25) is 9.78 Å². The van der Waals surface area contributed by atoms with Crippen molar-refractivity contribution in [2.45, 2.75) is 13.1 Å². The lowest BCUT2D eigenvalue weighted by Crippen LogP contribution is -2.15. The summed E-state index contributed by atoms with van der Waals surface area (Å²) in [5.74, 6) is 0.153. The Balaban J connectivity index is 2.20. The van der Waals surface area contributed by atoms with Gasteiger partial charge in [-0.25, -0.2) is 9.67 Å². The molecule has 1 N–H and O–H groups in total. The molecule has 108 valence electrons. The molecule has 0 saturated heterocycles. The molecular formula is C13H9F3N4O. The van der Waals surface area contributed by atoms with Gasteiger partial charge in [-0.05, 0) is 30.7 Å². The maximum Gasteiger partial charge on any atom is 0.416 e. The second kappa shape index (κ2) is 4.44. The summed E-state index contributed by atoms with van der Waals surface area (Å²) in [4.78, 5) is 18.5. The average molecular weight is 294 g/mol. The predicted molar refractivity (Wildman–Crippen MR) is 69.2 cm³/mol. The molecule has 0 radical (unpaired) electrons. The molecule has 0 fully saturated rings. The Morgan fingerprint density at radius 2 is 2.05 bits per heavy atom. The van der Waals surface area contributed by atoms with E-state index in [2.05, 4.69) is 15.1 Å². The highest BCUT2D eigenvalue weighted by Crippen LogP contribution is 2.30. The van der Waals surface area contributed by atoms with Crippen LogP contribution in [0.5, 0.6) is 0 Å². The third kappa shape index (κ3) is 2.39. The standard InChI is InChI=1S/C13H9F3N4O/c1-7-5-17-20(6-7)12-18-10-3-2-8(13(14,15)16)4-9(10)11(21)19-12/h2-6H,1H3,(H,18,19,21). The molecule has 1 aromatic carbocycles. The second-order valence-corrected chi connectivity index (χ2v) is 4.58. The molecule has 21 heavy (non-hydrogen) atoms. The number of benzene rings is 1. The Kier molecular flexibility index (Phi) is 2.82. The molecule has 0 unspecified atom stereocenters. The summed E-state index contributed by atoms with van der Waals surface area (Å²) in [6.45, 7) is 1.82. The minimum atomic E-state index is -4.50. The molecule has 0 saturated carbocycles. The topological polar surface area (TPSA) is 63.6 Å². The van der Waals surface area contributed by atoms with Gasteiger partial charge in [0.05, 0.1) is 22.7 Å². The Labute approximate surface area is 116 Å². The summed E-state index contributed by atoms with van der Waals surface area (Å²) < 4.78 is 39.3. The molecule has 0 amide bonds. The number of fused-ring (bicyclic) bond motifs is 1. The molecule has 3 rings (SSSR count). The van der Waals surface area contributed by atoms with E-state index in [1.165, 1.54) is 10.7 Å². The van der Waals surface area contributed by atoms with E-state index < -0.39 is 17.3 Å². The number of H-pyrrole nitrogens is 1. The van der Waals surface area contributed by atoms with Gasteiger partial charge in [0.1, 0.15) is 0 Å². The summed E-state index contributed by atoms with van der Waals surface area (Å²) in [6, 6.07) is 2.86. The normalized spacial score (nSPS) is 12.0. The zero-order chi connectivity index (χ0) is 15.2. The first-order valence-corrected chi connectivity index (χ1v) is 5.97. The van der Waals surface area contributed by atoms with E-state index in [9.17, 15) is 18.0 Å². The Hall–Kier alpha value is -2.64. The van der Waals surface area contributed by atoms with Gasteiger partial charge in [0.25, 0.3) is 5.56 Å². The van der Waals surface area contributed by atoms with Crippen molar-refractivity contribution in [1.82, 2.24) is 19.7 Å². The number of nitrogens with zero attached hydrogens (tertiary/aromatic N) is 3. The van der Waals surface area contributed by atoms with Gasteiger partial charge in [-0.2, -0.15) is 18.3 Å². The van der Waals surface area contributed by atoms with E-state index in [1.807, 2.05) is 6.92 Å². The molecule has 0 spiro atoms. The molecule has 5 nitrogen and oxygen atoms in total. The lowest BCUT2D eigenvalue weighted by molar-refractivity contribution is -0.137. The van der Waals surface area contributed by atoms with Crippen LogP contribution < -0.4 is 5.56 Å². The van der Waals surface area contributed by atoms with Crippen LogP contribution in [0.2, 0.25) is 0 Å². The van der Waals surface area contributed by atoms with Crippen LogP contribution in [-0.2, 0) is 6.18 Å². The summed E-state index contributed by atoms with van der Waals surface area (Å²) in [5, 5.41) is 3.88. The minimum absolute atomic E-state index is 0.113. The third-order valence-corrected chi connectivity index (χ3v) is 2.95. The molecule has 2 aromatic heterocycles. The Morgan fingerprint density at radius 1 is 1.29 bits per heavy atom. The quantitative estimate of drug-likeness (QED) is 0.749. The van der Waals surface area contributed by atoms with Crippen LogP contribution in [0, 0.1) is 6.92 Å². The molecule has 3 aromatic rings. The largest absolute Gasteiger partial charge is 0.416 e. The monoisotopic (exact) mass is 294 g/mol. The number of aromatic nitrogens is 4. The van der Waals surface area contributed by atoms with Crippen molar-refractivity contribution >= 4 is 10.9 Å². The van der Waals surface area contributed by atoms with Crippen molar-refractivity contribution in [3.05, 3.63) is 52.1 Å². The molecular weight excluding hydrogens is 285 g/mol. The smallest absolute Gasteiger partial charge is 0.290 e. The van der Waals surface area contributed by atoms with Gasteiger partial charge in [-0.15, -0.1) is 0 Å². The summed E-state index contributed by atoms with van der Waals surface area (Å²) in [5.41, 5.74) is -0.487. The number of aryl methyl sites for hydroxylation is 1. The molecule has 2 heterocycles. The average Bonchev–Trinajstić information content (AvgIpc) is 2.84. The summed E-state index contributed by atoms with van der Waals surface area (Å²) >= 11 is 0. The van der Waals surface area contributed by atoms with Gasteiger partial charge >= 0.3 is 6.18 Å². The molecule has 8 heteroatoms. The molecule has 0 aliphatic heterocycles. The fraction of sp³-hybridized carbons (Fsp3) is 0.154. The SMILES string of the molecule is Cc1cnn(-c2nc3ccc(C(F)(F)F)cc3c(=O)[nH]2)c1. The number of hydrogen-bond acceptors (Lipinski definition) is 3. The van der Waals surface area contributed by atoms with Crippen molar-refractivity contribution in [2.75, 3.05) is 0 Å². The minimum Gasteiger partial charge on any atom is -0.290 e. The number of halogens is 3. The zero-order valence-corrected chi connectivity index (χ0v) is 10.8. The van der Waals surface area contributed by atoms with Gasteiger partial charge < -0.3 is 0 Å². The second-order valence-electron chi connectivity index (χ2n) is 4.58. The Morgan fingerprint density at radius 3 is 2.67 bits per heavy atom. The van der Waals surface area contributed by atoms with E-state index in [0.717, 1.165) is 17.7 Å². The van der Waals surface area contributed by atoms with Crippen LogP contribution in [0.15, 0.2) is 35.4 Å². The number of rotatable bonds is 1. The molecule has 0 aliphatic rings. The highest BCUT2D eigenvalue weighted by atomic mass is 19.4. The van der Waals surface area contributed by atoms with Crippen molar-refractivity contribution in [3.8, 4) is 5.95 Å². The lowest BCUT2D eigenvalue weighted by Gasteiger charge is -2.08. The lowest BCUT2D eigenvalue weighted by atomic mass is 10.1. The third-order valence-electron chi connectivity index (χ3n) is 2.95. The summed E-state index contributed by atoms with van der Waals surface area (Å²) in [6.07, 6.45) is -1.27. The molecule has 0 bridgehead atoms. The maximum absolute atomic E-state index is 12.6. The number of aromatic amines is 1. The van der Waals surface area contributed by atoms with E-state index in [-0.39, 0.29) is 16.9 Å². The highest BCUT2D eigenvalue weighted by molar-refractivity contribution is 5.78. The van der Waals surface area contributed by atoms with Gasteiger partial charge in [-0.1, -0.05) is 0 Å². The van der Waals surface area contributed by atoms with E-state index in [0.29, 0.717) is 0 Å². The fourth-order valence-corrected chi connectivity index (χ4v) is 1.94. The number of hydrogen-bond donors (Lipinski definition) is 1. The van der Waals surface area contributed by atoms with Crippen LogP contribution in [-0.4, -0.2) is 19.7 Å². The fourth-order valence-electron chi connectivity index (χ4n) is 1.94. The maximum atomic E-state index is 12.6. The zero-order valence-electron chi connectivity index (χ0n) is 10.8. The van der Waals surface area contributed by atoms with E-state index in [4.69, 9.17) is 0 Å². The van der Waals surface area contributed by atoms with Crippen LogP contribution in [0.1, 0.15) is 11.1 Å². The summed E-state index contributed by atoms with van der Waals surface area (Å²) in [7, 11) is 0. The van der Waals surface area contributed by atoms with Crippen LogP contribution >= 0.6 is 0 Å². The molecule has 0 atom stereocenters. The first-order valence-electron chi connectivity index (χ1n) is 5.97. The van der Waals surface area contributed by atoms with Crippen LogP contribution in [0.3, 0.4) is 0 Å². The van der Waals surface area contributed by atoms with E-state index in [1.54, 1.807) is 12.4 Å². The molecule has 0 aliphatic carbocycles. The number of alkyl halides is 3.